The van der Waals surface area contributed by atoms with E-state index in [1.165, 1.54) is 9.80 Å². The number of aryl methyl sites for hydroxylation is 1. The van der Waals surface area contributed by atoms with E-state index in [1.807, 2.05) is 6.92 Å². The fraction of sp³-hybridized carbons (Fsp3) is 0.684. The van der Waals surface area contributed by atoms with Crippen LogP contribution >= 0.6 is 0 Å². The van der Waals surface area contributed by atoms with Gasteiger partial charge in [-0.1, -0.05) is 19.3 Å². The quantitative estimate of drug-likeness (QED) is 0.725. The molecule has 3 N–H and O–H groups in total. The number of aromatic nitrogens is 2. The van der Waals surface area contributed by atoms with E-state index < -0.39 is 6.17 Å². The van der Waals surface area contributed by atoms with Gasteiger partial charge in [-0.3, -0.25) is 29.8 Å². The average Bonchev–Trinajstić information content (AvgIpc) is 3.10. The SMILES string of the molecule is Cc1cc(NC(=O)CN2C(=O)N(C3CCCCC3)C(=O)C3CCCNC32)n[nH]1. The molecule has 1 saturated carbocycles. The van der Waals surface area contributed by atoms with Gasteiger partial charge in [-0.25, -0.2) is 4.79 Å². The van der Waals surface area contributed by atoms with Gasteiger partial charge >= 0.3 is 6.03 Å². The Labute approximate surface area is 164 Å². The third kappa shape index (κ3) is 3.63. The van der Waals surface area contributed by atoms with Crippen LogP contribution in [0.25, 0.3) is 0 Å². The summed E-state index contributed by atoms with van der Waals surface area (Å²) in [6, 6.07) is 1.34. The number of H-pyrrole nitrogens is 1. The summed E-state index contributed by atoms with van der Waals surface area (Å²) in [6.45, 7) is 2.48. The molecule has 2 atom stereocenters. The zero-order valence-electron chi connectivity index (χ0n) is 16.2. The molecule has 4 rings (SSSR count). The van der Waals surface area contributed by atoms with Crippen LogP contribution in [0.15, 0.2) is 6.07 Å². The Morgan fingerprint density at radius 1 is 1.21 bits per heavy atom. The molecule has 28 heavy (non-hydrogen) atoms. The van der Waals surface area contributed by atoms with Crippen LogP contribution in [0.4, 0.5) is 10.6 Å². The van der Waals surface area contributed by atoms with Gasteiger partial charge in [0.05, 0.1) is 12.1 Å². The van der Waals surface area contributed by atoms with Crippen LogP contribution in [-0.4, -0.2) is 63.1 Å². The summed E-state index contributed by atoms with van der Waals surface area (Å²) in [5.41, 5.74) is 0.840. The summed E-state index contributed by atoms with van der Waals surface area (Å²) in [6.07, 6.45) is 6.15. The van der Waals surface area contributed by atoms with Crippen molar-refractivity contribution in [2.45, 2.75) is 64.1 Å². The largest absolute Gasteiger partial charge is 0.328 e. The maximum Gasteiger partial charge on any atom is 0.328 e. The molecule has 2 unspecified atom stereocenters. The number of carbonyl (C=O) groups is 3. The first-order valence-corrected chi connectivity index (χ1v) is 10.2. The smallest absolute Gasteiger partial charge is 0.308 e. The number of amides is 4. The lowest BCUT2D eigenvalue weighted by atomic mass is 9.88. The number of imide groups is 1. The Kier molecular flexibility index (Phi) is 5.34. The lowest BCUT2D eigenvalue weighted by molar-refractivity contribution is -0.145. The number of hydrogen-bond donors (Lipinski definition) is 3. The predicted octanol–water partition coefficient (Wildman–Crippen LogP) is 1.58. The summed E-state index contributed by atoms with van der Waals surface area (Å²) >= 11 is 0. The maximum atomic E-state index is 13.3. The Hall–Kier alpha value is -2.42. The fourth-order valence-corrected chi connectivity index (χ4v) is 4.65. The average molecular weight is 388 g/mol. The van der Waals surface area contributed by atoms with Crippen molar-refractivity contribution in [3.8, 4) is 0 Å². The molecular weight excluding hydrogens is 360 g/mol. The first-order chi connectivity index (χ1) is 13.5. The second kappa shape index (κ2) is 7.90. The van der Waals surface area contributed by atoms with Gasteiger partial charge in [0.2, 0.25) is 11.8 Å². The van der Waals surface area contributed by atoms with Gasteiger partial charge in [-0.15, -0.1) is 0 Å². The summed E-state index contributed by atoms with van der Waals surface area (Å²) in [5.74, 6) is -0.244. The fourth-order valence-electron chi connectivity index (χ4n) is 4.65. The normalized spacial score (nSPS) is 26.3. The van der Waals surface area contributed by atoms with Gasteiger partial charge in [-0.2, -0.15) is 5.10 Å². The highest BCUT2D eigenvalue weighted by Crippen LogP contribution is 2.33. The van der Waals surface area contributed by atoms with E-state index in [0.29, 0.717) is 5.82 Å². The number of piperidine rings is 1. The van der Waals surface area contributed by atoms with Crippen molar-refractivity contribution in [3.63, 3.8) is 0 Å². The van der Waals surface area contributed by atoms with Crippen LogP contribution in [0.3, 0.4) is 0 Å². The van der Waals surface area contributed by atoms with E-state index in [9.17, 15) is 14.4 Å². The maximum absolute atomic E-state index is 13.3. The van der Waals surface area contributed by atoms with Gasteiger partial charge in [0.15, 0.2) is 5.82 Å². The van der Waals surface area contributed by atoms with Crippen LogP contribution in [0.5, 0.6) is 0 Å². The highest BCUT2D eigenvalue weighted by Gasteiger charge is 2.49. The van der Waals surface area contributed by atoms with Crippen molar-refractivity contribution in [2.24, 2.45) is 5.92 Å². The van der Waals surface area contributed by atoms with Crippen molar-refractivity contribution in [3.05, 3.63) is 11.8 Å². The molecule has 3 aliphatic rings. The zero-order valence-corrected chi connectivity index (χ0v) is 16.2. The first-order valence-electron chi connectivity index (χ1n) is 10.2. The van der Waals surface area contributed by atoms with E-state index in [0.717, 1.165) is 57.2 Å². The molecule has 2 saturated heterocycles. The highest BCUT2D eigenvalue weighted by molar-refractivity contribution is 6.01. The molecule has 152 valence electrons. The number of hydrogen-bond acceptors (Lipinski definition) is 5. The summed E-state index contributed by atoms with van der Waals surface area (Å²) in [4.78, 5) is 42.0. The number of rotatable bonds is 4. The lowest BCUT2D eigenvalue weighted by Crippen LogP contribution is -2.69. The van der Waals surface area contributed by atoms with E-state index in [2.05, 4.69) is 20.8 Å². The van der Waals surface area contributed by atoms with Gasteiger partial charge in [0, 0.05) is 17.8 Å². The molecule has 3 heterocycles. The van der Waals surface area contributed by atoms with Gasteiger partial charge in [-0.05, 0) is 39.2 Å². The van der Waals surface area contributed by atoms with Crippen molar-refractivity contribution < 1.29 is 14.4 Å². The van der Waals surface area contributed by atoms with Gasteiger partial charge in [0.1, 0.15) is 6.54 Å². The molecule has 1 aromatic heterocycles. The Morgan fingerprint density at radius 2 is 2.00 bits per heavy atom. The van der Waals surface area contributed by atoms with Crippen LogP contribution < -0.4 is 10.6 Å². The van der Waals surface area contributed by atoms with E-state index in [1.54, 1.807) is 6.07 Å². The van der Waals surface area contributed by atoms with Crippen LogP contribution in [0.2, 0.25) is 0 Å². The molecule has 1 aromatic rings. The van der Waals surface area contributed by atoms with Crippen molar-refractivity contribution >= 4 is 23.7 Å². The minimum Gasteiger partial charge on any atom is -0.308 e. The minimum atomic E-state index is -0.416. The van der Waals surface area contributed by atoms with E-state index in [4.69, 9.17) is 0 Å². The Bertz CT molecular complexity index is 757. The van der Waals surface area contributed by atoms with Crippen LogP contribution in [-0.2, 0) is 9.59 Å². The topological polar surface area (TPSA) is 110 Å². The highest BCUT2D eigenvalue weighted by atomic mass is 16.2. The van der Waals surface area contributed by atoms with Crippen LogP contribution in [0.1, 0.15) is 50.6 Å². The standard InChI is InChI=1S/C19H28N6O3/c1-12-10-15(23-22-12)21-16(26)11-24-17-14(8-5-9-20-17)18(27)25(19(24)28)13-6-3-2-4-7-13/h10,13-14,17,20H,2-9,11H2,1H3,(H2,21,22,23,26). The second-order valence-corrected chi connectivity index (χ2v) is 8.04. The molecular formula is C19H28N6O3. The monoisotopic (exact) mass is 388 g/mol. The molecule has 0 aromatic carbocycles. The molecule has 0 spiro atoms. The second-order valence-electron chi connectivity index (χ2n) is 8.04. The predicted molar refractivity (Wildman–Crippen MR) is 102 cm³/mol. The number of carbonyl (C=O) groups excluding carboxylic acids is 3. The van der Waals surface area contributed by atoms with E-state index in [-0.39, 0.29) is 36.3 Å². The molecule has 4 amide bonds. The van der Waals surface area contributed by atoms with Gasteiger partial charge < -0.3 is 5.32 Å². The van der Waals surface area contributed by atoms with Gasteiger partial charge in [0.25, 0.3) is 0 Å². The number of urea groups is 1. The van der Waals surface area contributed by atoms with E-state index >= 15 is 0 Å². The summed E-state index contributed by atoms with van der Waals surface area (Å²) in [5, 5.41) is 12.8. The molecule has 2 aliphatic heterocycles. The third-order valence-electron chi connectivity index (χ3n) is 6.00. The Morgan fingerprint density at radius 3 is 2.71 bits per heavy atom. The van der Waals surface area contributed by atoms with Crippen molar-refractivity contribution in [1.29, 1.82) is 0 Å². The lowest BCUT2D eigenvalue weighted by Gasteiger charge is -2.49. The minimum absolute atomic E-state index is 0.0452. The first kappa shape index (κ1) is 18.9. The molecule has 9 heteroatoms. The number of nitrogens with one attached hydrogen (secondary N) is 3. The number of fused-ring (bicyclic) bond motifs is 1. The molecule has 1 aliphatic carbocycles. The number of nitrogens with zero attached hydrogens (tertiary/aromatic N) is 3. The number of anilines is 1. The third-order valence-corrected chi connectivity index (χ3v) is 6.00. The Balaban J connectivity index is 1.53. The number of aromatic amines is 1. The van der Waals surface area contributed by atoms with Crippen molar-refractivity contribution in [1.82, 2.24) is 25.3 Å². The molecule has 0 radical (unpaired) electrons. The summed E-state index contributed by atoms with van der Waals surface area (Å²) in [7, 11) is 0. The molecule has 3 fully saturated rings. The zero-order chi connectivity index (χ0) is 19.7. The molecule has 0 bridgehead atoms. The summed E-state index contributed by atoms with van der Waals surface area (Å²) < 4.78 is 0. The molecule has 9 nitrogen and oxygen atoms in total. The van der Waals surface area contributed by atoms with Crippen molar-refractivity contribution in [2.75, 3.05) is 18.4 Å². The van der Waals surface area contributed by atoms with Crippen LogP contribution in [0, 0.1) is 12.8 Å².